The molecule has 1 amide bonds. The fourth-order valence-corrected chi connectivity index (χ4v) is 4.55. The lowest BCUT2D eigenvalue weighted by molar-refractivity contribution is -0.135. The quantitative estimate of drug-likeness (QED) is 0.704. The van der Waals surface area contributed by atoms with Gasteiger partial charge in [-0.05, 0) is 48.7 Å². The summed E-state index contributed by atoms with van der Waals surface area (Å²) in [4.78, 5) is 19.3. The minimum Gasteiger partial charge on any atom is -0.338 e. The van der Waals surface area contributed by atoms with Crippen LogP contribution in [0.3, 0.4) is 0 Å². The van der Waals surface area contributed by atoms with Gasteiger partial charge in [0.25, 0.3) is 0 Å². The number of imidazole rings is 1. The van der Waals surface area contributed by atoms with Gasteiger partial charge < -0.3 is 9.47 Å². The normalized spacial score (nSPS) is 20.7. The third-order valence-corrected chi connectivity index (χ3v) is 6.11. The van der Waals surface area contributed by atoms with E-state index in [2.05, 4.69) is 34.2 Å². The van der Waals surface area contributed by atoms with Crippen LogP contribution >= 0.6 is 11.3 Å². The Morgan fingerprint density at radius 1 is 1.25 bits per heavy atom. The van der Waals surface area contributed by atoms with E-state index in [-0.39, 0.29) is 11.9 Å². The number of fused-ring (bicyclic) bond motifs is 2. The summed E-state index contributed by atoms with van der Waals surface area (Å²) >= 11 is 1.76. The number of rotatable bonds is 2. The van der Waals surface area contributed by atoms with E-state index < -0.39 is 0 Å². The number of likely N-dealkylation sites (N-methyl/N-ethyl adjacent to an activating group) is 1. The average Bonchev–Trinajstić information content (AvgIpc) is 3.19. The summed E-state index contributed by atoms with van der Waals surface area (Å²) in [6.45, 7) is 2.64. The van der Waals surface area contributed by atoms with E-state index in [9.17, 15) is 4.79 Å². The van der Waals surface area contributed by atoms with Crippen LogP contribution in [0.1, 0.15) is 43.2 Å². The fraction of sp³-hybridized carbons (Fsp3) is 0.368. The Balaban J connectivity index is 1.73. The van der Waals surface area contributed by atoms with Crippen LogP contribution in [0.4, 0.5) is 0 Å². The summed E-state index contributed by atoms with van der Waals surface area (Å²) in [5, 5.41) is 3.39. The lowest BCUT2D eigenvalue weighted by Gasteiger charge is -2.31. The molecule has 122 valence electrons. The van der Waals surface area contributed by atoms with Crippen molar-refractivity contribution in [2.24, 2.45) is 0 Å². The second-order valence-corrected chi connectivity index (χ2v) is 7.90. The highest BCUT2D eigenvalue weighted by atomic mass is 32.1. The van der Waals surface area contributed by atoms with Crippen molar-refractivity contribution < 1.29 is 4.79 Å². The molecule has 5 rings (SSSR count). The summed E-state index contributed by atoms with van der Waals surface area (Å²) in [5.74, 6) is 1.82. The first-order valence-electron chi connectivity index (χ1n) is 8.47. The molecule has 1 fully saturated rings. The topological polar surface area (TPSA) is 38.1 Å². The highest BCUT2D eigenvalue weighted by Crippen LogP contribution is 2.44. The first-order chi connectivity index (χ1) is 11.6. The van der Waals surface area contributed by atoms with Gasteiger partial charge in [-0.3, -0.25) is 4.79 Å². The summed E-state index contributed by atoms with van der Waals surface area (Å²) in [6, 6.07) is 8.58. The van der Waals surface area contributed by atoms with Gasteiger partial charge in [0.1, 0.15) is 11.9 Å². The van der Waals surface area contributed by atoms with Crippen LogP contribution in [-0.2, 0) is 11.3 Å². The standard InChI is InChI=1S/C19H19N3OS/c1-11-19(23)21(2)10-15-17(20-18(22(11)15)12-3-4-12)14-5-6-16-13(9-14)7-8-24-16/h5-9,11-12H,3-4,10H2,1-2H3/t11-/m1/s1. The Morgan fingerprint density at radius 2 is 2.08 bits per heavy atom. The highest BCUT2D eigenvalue weighted by molar-refractivity contribution is 7.17. The molecule has 5 heteroatoms. The monoisotopic (exact) mass is 337 g/mol. The van der Waals surface area contributed by atoms with E-state index in [0.29, 0.717) is 12.5 Å². The summed E-state index contributed by atoms with van der Waals surface area (Å²) < 4.78 is 3.52. The molecule has 0 radical (unpaired) electrons. The van der Waals surface area contributed by atoms with Crippen molar-refractivity contribution in [1.29, 1.82) is 0 Å². The zero-order chi connectivity index (χ0) is 16.4. The zero-order valence-corrected chi connectivity index (χ0v) is 14.6. The predicted molar refractivity (Wildman–Crippen MR) is 96.2 cm³/mol. The van der Waals surface area contributed by atoms with Crippen molar-refractivity contribution in [3.05, 3.63) is 41.2 Å². The molecule has 0 bridgehead atoms. The molecule has 1 saturated carbocycles. The Bertz CT molecular complexity index is 966. The zero-order valence-electron chi connectivity index (χ0n) is 13.8. The summed E-state index contributed by atoms with van der Waals surface area (Å²) in [6.07, 6.45) is 2.38. The number of carbonyl (C=O) groups is 1. The molecule has 1 aromatic carbocycles. The molecule has 2 aliphatic rings. The van der Waals surface area contributed by atoms with Crippen LogP contribution in [0.5, 0.6) is 0 Å². The van der Waals surface area contributed by atoms with Crippen LogP contribution in [0.2, 0.25) is 0 Å². The minimum atomic E-state index is -0.152. The van der Waals surface area contributed by atoms with E-state index in [1.165, 1.54) is 28.6 Å². The van der Waals surface area contributed by atoms with Gasteiger partial charge in [0.05, 0.1) is 17.9 Å². The Morgan fingerprint density at radius 3 is 2.88 bits per heavy atom. The molecular formula is C19H19N3OS. The van der Waals surface area contributed by atoms with E-state index in [1.54, 1.807) is 11.3 Å². The van der Waals surface area contributed by atoms with Gasteiger partial charge in [-0.15, -0.1) is 11.3 Å². The van der Waals surface area contributed by atoms with E-state index in [1.807, 2.05) is 18.9 Å². The van der Waals surface area contributed by atoms with Gasteiger partial charge in [0.2, 0.25) is 5.91 Å². The third kappa shape index (κ3) is 1.97. The number of hydrogen-bond donors (Lipinski definition) is 0. The average molecular weight is 337 g/mol. The van der Waals surface area contributed by atoms with Crippen LogP contribution < -0.4 is 0 Å². The largest absolute Gasteiger partial charge is 0.338 e. The maximum Gasteiger partial charge on any atom is 0.245 e. The smallest absolute Gasteiger partial charge is 0.245 e. The lowest BCUT2D eigenvalue weighted by Crippen LogP contribution is -2.39. The van der Waals surface area contributed by atoms with Gasteiger partial charge in [0, 0.05) is 23.2 Å². The van der Waals surface area contributed by atoms with Crippen LogP contribution in [0.15, 0.2) is 29.6 Å². The number of benzene rings is 1. The van der Waals surface area contributed by atoms with Crippen LogP contribution in [-0.4, -0.2) is 27.4 Å². The molecule has 1 atom stereocenters. The number of carbonyl (C=O) groups excluding carboxylic acids is 1. The van der Waals surface area contributed by atoms with Crippen molar-refractivity contribution in [2.75, 3.05) is 7.05 Å². The summed E-state index contributed by atoms with van der Waals surface area (Å²) in [7, 11) is 1.89. The van der Waals surface area contributed by atoms with E-state index >= 15 is 0 Å². The lowest BCUT2D eigenvalue weighted by atomic mass is 10.1. The van der Waals surface area contributed by atoms with Crippen molar-refractivity contribution in [3.8, 4) is 11.3 Å². The minimum absolute atomic E-state index is 0.152. The molecule has 4 nitrogen and oxygen atoms in total. The molecule has 0 saturated heterocycles. The molecule has 1 aliphatic heterocycles. The Kier molecular flexibility index (Phi) is 2.92. The number of amides is 1. The molecule has 0 unspecified atom stereocenters. The SMILES string of the molecule is C[C@@H]1C(=O)N(C)Cc2c(-c3ccc4sccc4c3)nc(C3CC3)n21. The molecule has 0 spiro atoms. The van der Waals surface area contributed by atoms with Gasteiger partial charge in [-0.2, -0.15) is 0 Å². The van der Waals surface area contributed by atoms with Crippen molar-refractivity contribution >= 4 is 27.3 Å². The van der Waals surface area contributed by atoms with Crippen molar-refractivity contribution in [2.45, 2.75) is 38.3 Å². The van der Waals surface area contributed by atoms with Crippen molar-refractivity contribution in [3.63, 3.8) is 0 Å². The Labute approximate surface area is 144 Å². The van der Waals surface area contributed by atoms with Crippen LogP contribution in [0.25, 0.3) is 21.3 Å². The van der Waals surface area contributed by atoms with Crippen LogP contribution in [0, 0.1) is 0 Å². The first kappa shape index (κ1) is 14.2. The number of thiophene rings is 1. The predicted octanol–water partition coefficient (Wildman–Crippen LogP) is 4.18. The van der Waals surface area contributed by atoms with Gasteiger partial charge in [0.15, 0.2) is 0 Å². The molecule has 2 aromatic heterocycles. The second kappa shape index (κ2) is 4.93. The van der Waals surface area contributed by atoms with Gasteiger partial charge >= 0.3 is 0 Å². The molecule has 24 heavy (non-hydrogen) atoms. The van der Waals surface area contributed by atoms with E-state index in [4.69, 9.17) is 4.98 Å². The highest BCUT2D eigenvalue weighted by Gasteiger charge is 2.38. The Hall–Kier alpha value is -2.14. The molecule has 1 aliphatic carbocycles. The van der Waals surface area contributed by atoms with E-state index in [0.717, 1.165) is 17.1 Å². The number of hydrogen-bond acceptors (Lipinski definition) is 3. The fourth-order valence-electron chi connectivity index (χ4n) is 3.78. The molecular weight excluding hydrogens is 318 g/mol. The molecule has 0 N–H and O–H groups in total. The maximum atomic E-state index is 12.4. The molecule has 3 heterocycles. The summed E-state index contributed by atoms with van der Waals surface area (Å²) in [5.41, 5.74) is 3.39. The van der Waals surface area contributed by atoms with Gasteiger partial charge in [-0.1, -0.05) is 6.07 Å². The maximum absolute atomic E-state index is 12.4. The van der Waals surface area contributed by atoms with Crippen molar-refractivity contribution in [1.82, 2.24) is 14.5 Å². The van der Waals surface area contributed by atoms with Gasteiger partial charge in [-0.25, -0.2) is 4.98 Å². The second-order valence-electron chi connectivity index (χ2n) is 6.95. The number of nitrogens with zero attached hydrogens (tertiary/aromatic N) is 3. The first-order valence-corrected chi connectivity index (χ1v) is 9.35. The molecule has 3 aromatic rings. The number of aromatic nitrogens is 2. The third-order valence-electron chi connectivity index (χ3n) is 5.21.